The SMILES string of the molecule is COc1ccccc1N1CC(C(=O)NCCNC(=O)c2c[nH]c3ccccc23)CC1=O. The molecule has 0 spiro atoms. The number of rotatable bonds is 7. The molecule has 1 aliphatic rings. The molecule has 8 heteroatoms. The van der Waals surface area contributed by atoms with Crippen molar-refractivity contribution in [3.63, 3.8) is 0 Å². The van der Waals surface area contributed by atoms with Crippen LogP contribution >= 0.6 is 0 Å². The molecule has 0 saturated carbocycles. The number of hydrogen-bond donors (Lipinski definition) is 3. The van der Waals surface area contributed by atoms with E-state index in [0.717, 1.165) is 10.9 Å². The number of carbonyl (C=O) groups excluding carboxylic acids is 3. The number of fused-ring (bicyclic) bond motifs is 1. The van der Waals surface area contributed by atoms with Gasteiger partial charge in [-0.05, 0) is 18.2 Å². The van der Waals surface area contributed by atoms with Crippen LogP contribution in [-0.2, 0) is 9.59 Å². The van der Waals surface area contributed by atoms with E-state index in [1.54, 1.807) is 30.3 Å². The van der Waals surface area contributed by atoms with Crippen LogP contribution in [0.5, 0.6) is 5.75 Å². The first-order valence-corrected chi connectivity index (χ1v) is 10.1. The van der Waals surface area contributed by atoms with E-state index < -0.39 is 5.92 Å². The zero-order valence-corrected chi connectivity index (χ0v) is 17.2. The molecule has 3 amide bonds. The molecule has 31 heavy (non-hydrogen) atoms. The van der Waals surface area contributed by atoms with Gasteiger partial charge in [-0.1, -0.05) is 30.3 Å². The minimum atomic E-state index is -0.443. The maximum Gasteiger partial charge on any atom is 0.253 e. The Hall–Kier alpha value is -3.81. The van der Waals surface area contributed by atoms with Gasteiger partial charge >= 0.3 is 0 Å². The van der Waals surface area contributed by atoms with Gasteiger partial charge in [0.15, 0.2) is 0 Å². The molecule has 0 aliphatic carbocycles. The monoisotopic (exact) mass is 420 g/mol. The molecule has 1 aromatic heterocycles. The molecule has 1 aliphatic heterocycles. The molecule has 0 radical (unpaired) electrons. The summed E-state index contributed by atoms with van der Waals surface area (Å²) in [5.41, 5.74) is 2.12. The second-order valence-electron chi connectivity index (χ2n) is 7.37. The first-order valence-electron chi connectivity index (χ1n) is 10.1. The highest BCUT2D eigenvalue weighted by molar-refractivity contribution is 6.06. The van der Waals surface area contributed by atoms with Crippen molar-refractivity contribution in [3.8, 4) is 5.75 Å². The first-order chi connectivity index (χ1) is 15.1. The van der Waals surface area contributed by atoms with Crippen LogP contribution in [0.4, 0.5) is 5.69 Å². The van der Waals surface area contributed by atoms with Crippen LogP contribution in [-0.4, -0.2) is 49.4 Å². The van der Waals surface area contributed by atoms with Crippen LogP contribution in [0, 0.1) is 5.92 Å². The van der Waals surface area contributed by atoms with E-state index in [2.05, 4.69) is 15.6 Å². The number of carbonyl (C=O) groups is 3. The van der Waals surface area contributed by atoms with E-state index >= 15 is 0 Å². The molecular formula is C23H24N4O4. The summed E-state index contributed by atoms with van der Waals surface area (Å²) in [6.07, 6.45) is 1.82. The molecule has 4 rings (SSSR count). The Morgan fingerprint density at radius 2 is 1.84 bits per heavy atom. The normalized spacial score (nSPS) is 15.8. The minimum Gasteiger partial charge on any atom is -0.495 e. The largest absolute Gasteiger partial charge is 0.495 e. The number of methoxy groups -OCH3 is 1. The molecule has 3 aromatic rings. The Labute approximate surface area is 179 Å². The number of anilines is 1. The predicted molar refractivity (Wildman–Crippen MR) is 117 cm³/mol. The molecule has 0 bridgehead atoms. The number of hydrogen-bond acceptors (Lipinski definition) is 4. The molecule has 1 atom stereocenters. The van der Waals surface area contributed by atoms with E-state index in [4.69, 9.17) is 4.74 Å². The van der Waals surface area contributed by atoms with Crippen LogP contribution in [0.15, 0.2) is 54.7 Å². The van der Waals surface area contributed by atoms with Crippen molar-refractivity contribution in [1.29, 1.82) is 0 Å². The summed E-state index contributed by atoms with van der Waals surface area (Å²) in [6.45, 7) is 0.875. The highest BCUT2D eigenvalue weighted by Crippen LogP contribution is 2.32. The van der Waals surface area contributed by atoms with E-state index in [1.807, 2.05) is 36.4 Å². The van der Waals surface area contributed by atoms with Gasteiger partial charge in [0.05, 0.1) is 24.3 Å². The van der Waals surface area contributed by atoms with Crippen molar-refractivity contribution < 1.29 is 19.1 Å². The van der Waals surface area contributed by atoms with Gasteiger partial charge in [0.1, 0.15) is 5.75 Å². The number of aromatic nitrogens is 1. The summed E-state index contributed by atoms with van der Waals surface area (Å²) < 4.78 is 5.32. The van der Waals surface area contributed by atoms with Crippen LogP contribution in [0.1, 0.15) is 16.8 Å². The van der Waals surface area contributed by atoms with Crippen molar-refractivity contribution in [2.45, 2.75) is 6.42 Å². The van der Waals surface area contributed by atoms with Crippen molar-refractivity contribution in [2.75, 3.05) is 31.6 Å². The number of nitrogens with one attached hydrogen (secondary N) is 3. The third kappa shape index (κ3) is 4.23. The lowest BCUT2D eigenvalue weighted by Gasteiger charge is -2.19. The number of nitrogens with zero attached hydrogens (tertiary/aromatic N) is 1. The number of para-hydroxylation sites is 3. The highest BCUT2D eigenvalue weighted by atomic mass is 16.5. The molecule has 3 N–H and O–H groups in total. The first kappa shape index (κ1) is 20.5. The summed E-state index contributed by atoms with van der Waals surface area (Å²) in [5, 5.41) is 6.48. The average Bonchev–Trinajstić information content (AvgIpc) is 3.40. The van der Waals surface area contributed by atoms with E-state index in [-0.39, 0.29) is 30.7 Å². The highest BCUT2D eigenvalue weighted by Gasteiger charge is 2.36. The van der Waals surface area contributed by atoms with Gasteiger partial charge in [0, 0.05) is 43.2 Å². The van der Waals surface area contributed by atoms with Crippen molar-refractivity contribution >= 4 is 34.3 Å². The van der Waals surface area contributed by atoms with E-state index in [1.165, 1.54) is 0 Å². The number of aromatic amines is 1. The summed E-state index contributed by atoms with van der Waals surface area (Å²) in [6, 6.07) is 14.8. The molecule has 1 fully saturated rings. The number of benzene rings is 2. The standard InChI is InChI=1S/C23H24N4O4/c1-31-20-9-5-4-8-19(20)27-14-15(12-21(27)28)22(29)24-10-11-25-23(30)17-13-26-18-7-3-2-6-16(17)18/h2-9,13,15,26H,10-12,14H2,1H3,(H,24,29)(H,25,30). The van der Waals surface area contributed by atoms with Crippen molar-refractivity contribution in [1.82, 2.24) is 15.6 Å². The molecule has 2 aromatic carbocycles. The van der Waals surface area contributed by atoms with Crippen LogP contribution in [0.2, 0.25) is 0 Å². The molecule has 1 unspecified atom stereocenters. The van der Waals surface area contributed by atoms with Gasteiger partial charge in [-0.15, -0.1) is 0 Å². The van der Waals surface area contributed by atoms with E-state index in [0.29, 0.717) is 30.1 Å². The molecule has 1 saturated heterocycles. The van der Waals surface area contributed by atoms with Crippen LogP contribution in [0.3, 0.4) is 0 Å². The Bertz CT molecular complexity index is 1120. The third-order valence-electron chi connectivity index (χ3n) is 5.42. The fourth-order valence-corrected chi connectivity index (χ4v) is 3.83. The Balaban J connectivity index is 1.27. The van der Waals surface area contributed by atoms with Gasteiger partial charge in [-0.3, -0.25) is 14.4 Å². The zero-order valence-electron chi connectivity index (χ0n) is 17.2. The number of H-pyrrole nitrogens is 1. The molecule has 160 valence electrons. The lowest BCUT2D eigenvalue weighted by atomic mass is 10.1. The lowest BCUT2D eigenvalue weighted by molar-refractivity contribution is -0.126. The fraction of sp³-hybridized carbons (Fsp3) is 0.261. The Kier molecular flexibility index (Phi) is 5.88. The Morgan fingerprint density at radius 1 is 1.10 bits per heavy atom. The topological polar surface area (TPSA) is 104 Å². The summed E-state index contributed by atoms with van der Waals surface area (Å²) >= 11 is 0. The maximum atomic E-state index is 12.5. The van der Waals surface area contributed by atoms with Gasteiger partial charge in [0.25, 0.3) is 5.91 Å². The summed E-state index contributed by atoms with van der Waals surface area (Å²) in [5.74, 6) is -0.367. The molecular weight excluding hydrogens is 396 g/mol. The quantitative estimate of drug-likeness (QED) is 0.509. The Morgan fingerprint density at radius 3 is 2.68 bits per heavy atom. The average molecular weight is 420 g/mol. The number of ether oxygens (including phenoxy) is 1. The van der Waals surface area contributed by atoms with Gasteiger partial charge in [0.2, 0.25) is 11.8 Å². The second kappa shape index (κ2) is 8.91. The fourth-order valence-electron chi connectivity index (χ4n) is 3.83. The minimum absolute atomic E-state index is 0.114. The van der Waals surface area contributed by atoms with Crippen molar-refractivity contribution in [2.24, 2.45) is 5.92 Å². The maximum absolute atomic E-state index is 12.5. The van der Waals surface area contributed by atoms with Crippen LogP contribution < -0.4 is 20.3 Å². The predicted octanol–water partition coefficient (Wildman–Crippen LogP) is 2.08. The third-order valence-corrected chi connectivity index (χ3v) is 5.42. The lowest BCUT2D eigenvalue weighted by Crippen LogP contribution is -2.38. The van der Waals surface area contributed by atoms with Gasteiger partial charge in [-0.2, -0.15) is 0 Å². The van der Waals surface area contributed by atoms with Crippen LogP contribution in [0.25, 0.3) is 10.9 Å². The summed E-state index contributed by atoms with van der Waals surface area (Å²) in [7, 11) is 1.55. The van der Waals surface area contributed by atoms with Gasteiger partial charge < -0.3 is 25.3 Å². The number of amides is 3. The smallest absolute Gasteiger partial charge is 0.253 e. The van der Waals surface area contributed by atoms with Gasteiger partial charge in [-0.25, -0.2) is 0 Å². The molecule has 8 nitrogen and oxygen atoms in total. The van der Waals surface area contributed by atoms with Crippen molar-refractivity contribution in [3.05, 3.63) is 60.3 Å². The summed E-state index contributed by atoms with van der Waals surface area (Å²) in [4.78, 5) is 42.0. The second-order valence-corrected chi connectivity index (χ2v) is 7.37. The van der Waals surface area contributed by atoms with E-state index in [9.17, 15) is 14.4 Å². The zero-order chi connectivity index (χ0) is 21.8. The molecule has 2 heterocycles.